The van der Waals surface area contributed by atoms with E-state index < -0.39 is 10.9 Å². The number of aryl methyl sites for hydroxylation is 2. The van der Waals surface area contributed by atoms with Crippen molar-refractivity contribution in [2.45, 2.75) is 20.8 Å². The fourth-order valence-electron chi connectivity index (χ4n) is 2.78. The van der Waals surface area contributed by atoms with Gasteiger partial charge >= 0.3 is 5.97 Å². The normalized spacial score (nSPS) is 10.5. The van der Waals surface area contributed by atoms with Crippen LogP contribution in [0.5, 0.6) is 11.5 Å². The van der Waals surface area contributed by atoms with Gasteiger partial charge in [-0.05, 0) is 50.1 Å². The second-order valence-electron chi connectivity index (χ2n) is 6.10. The summed E-state index contributed by atoms with van der Waals surface area (Å²) in [6, 6.07) is 11.0. The van der Waals surface area contributed by atoms with E-state index in [0.29, 0.717) is 22.8 Å². The van der Waals surface area contributed by atoms with Crippen molar-refractivity contribution in [1.82, 2.24) is 5.16 Å². The van der Waals surface area contributed by atoms with Crippen LogP contribution < -0.4 is 4.74 Å². The molecular formula is C20H18N2O6. The minimum absolute atomic E-state index is 0.0256. The average Bonchev–Trinajstić information content (AvgIpc) is 3.11. The number of nitro groups is 1. The van der Waals surface area contributed by atoms with Crippen LogP contribution in [0.15, 0.2) is 47.0 Å². The van der Waals surface area contributed by atoms with Crippen molar-refractivity contribution in [3.8, 4) is 22.8 Å². The molecule has 0 aliphatic heterocycles. The van der Waals surface area contributed by atoms with Crippen molar-refractivity contribution in [3.63, 3.8) is 0 Å². The van der Waals surface area contributed by atoms with Gasteiger partial charge in [-0.3, -0.25) is 10.1 Å². The lowest BCUT2D eigenvalue weighted by atomic mass is 10.0. The molecule has 0 atom stereocenters. The lowest BCUT2D eigenvalue weighted by molar-refractivity contribution is -0.384. The Morgan fingerprint density at radius 3 is 2.54 bits per heavy atom. The highest BCUT2D eigenvalue weighted by atomic mass is 16.6. The summed E-state index contributed by atoms with van der Waals surface area (Å²) in [4.78, 5) is 22.2. The molecule has 144 valence electrons. The molecule has 0 amide bonds. The van der Waals surface area contributed by atoms with Gasteiger partial charge in [-0.25, -0.2) is 4.79 Å². The van der Waals surface area contributed by atoms with E-state index in [1.54, 1.807) is 6.92 Å². The third-order valence-electron chi connectivity index (χ3n) is 3.96. The number of rotatable bonds is 6. The highest BCUT2D eigenvalue weighted by Crippen LogP contribution is 2.37. The van der Waals surface area contributed by atoms with Crippen LogP contribution in [0, 0.1) is 24.0 Å². The van der Waals surface area contributed by atoms with Crippen LogP contribution in [0.2, 0.25) is 0 Å². The molecule has 0 aliphatic rings. The number of carbonyl (C=O) groups excluding carboxylic acids is 1. The number of esters is 1. The van der Waals surface area contributed by atoms with Gasteiger partial charge in [0.25, 0.3) is 5.69 Å². The maximum atomic E-state index is 11.9. The molecule has 0 saturated heterocycles. The lowest BCUT2D eigenvalue weighted by Crippen LogP contribution is -2.04. The van der Waals surface area contributed by atoms with Crippen LogP contribution in [-0.4, -0.2) is 22.7 Å². The van der Waals surface area contributed by atoms with Crippen molar-refractivity contribution in [1.29, 1.82) is 0 Å². The van der Waals surface area contributed by atoms with Gasteiger partial charge in [-0.1, -0.05) is 11.2 Å². The molecule has 0 radical (unpaired) electrons. The van der Waals surface area contributed by atoms with E-state index in [2.05, 4.69) is 5.16 Å². The smallest absolute Gasteiger partial charge is 0.360 e. The second kappa shape index (κ2) is 7.91. The largest absolute Gasteiger partial charge is 0.461 e. The number of nitro benzene ring substituents is 1. The Kier molecular flexibility index (Phi) is 5.39. The summed E-state index contributed by atoms with van der Waals surface area (Å²) in [7, 11) is 0. The molecule has 2 aromatic carbocycles. The predicted octanol–water partition coefficient (Wildman–Crippen LogP) is 4.84. The number of carbonyl (C=O) groups is 1. The molecule has 8 heteroatoms. The SMILES string of the molecule is CCOC(=O)c1cc(-c2c(C)cc(C)cc2Oc2ccc([N+](=O)[O-])cc2)on1. The Hall–Kier alpha value is -3.68. The summed E-state index contributed by atoms with van der Waals surface area (Å²) in [5.74, 6) is 0.706. The number of hydrogen-bond acceptors (Lipinski definition) is 7. The summed E-state index contributed by atoms with van der Waals surface area (Å²) in [5, 5.41) is 14.6. The van der Waals surface area contributed by atoms with Crippen molar-refractivity contribution < 1.29 is 23.7 Å². The number of ether oxygens (including phenoxy) is 2. The van der Waals surface area contributed by atoms with Crippen molar-refractivity contribution in [2.24, 2.45) is 0 Å². The van der Waals surface area contributed by atoms with Crippen LogP contribution in [0.3, 0.4) is 0 Å². The zero-order valence-corrected chi connectivity index (χ0v) is 15.6. The lowest BCUT2D eigenvalue weighted by Gasteiger charge is -2.13. The highest BCUT2D eigenvalue weighted by Gasteiger charge is 2.20. The Labute approximate surface area is 160 Å². The van der Waals surface area contributed by atoms with Gasteiger partial charge in [0.15, 0.2) is 11.5 Å². The van der Waals surface area contributed by atoms with Gasteiger partial charge in [0.2, 0.25) is 0 Å². The fourth-order valence-corrected chi connectivity index (χ4v) is 2.78. The second-order valence-corrected chi connectivity index (χ2v) is 6.10. The Morgan fingerprint density at radius 1 is 1.18 bits per heavy atom. The minimum atomic E-state index is -0.569. The van der Waals surface area contributed by atoms with E-state index in [9.17, 15) is 14.9 Å². The Bertz CT molecular complexity index is 1020. The molecule has 0 N–H and O–H groups in total. The maximum absolute atomic E-state index is 11.9. The standard InChI is InChI=1S/C20H18N2O6/c1-4-26-20(23)16-11-18(28-21-16)19-13(3)9-12(2)10-17(19)27-15-7-5-14(6-8-15)22(24)25/h5-11H,4H2,1-3H3. The summed E-state index contributed by atoms with van der Waals surface area (Å²) in [6.45, 7) is 5.75. The zero-order chi connectivity index (χ0) is 20.3. The number of non-ortho nitro benzene ring substituents is 1. The van der Waals surface area contributed by atoms with E-state index in [0.717, 1.165) is 11.1 Å². The molecule has 0 fully saturated rings. The average molecular weight is 382 g/mol. The summed E-state index contributed by atoms with van der Waals surface area (Å²) in [5.41, 5.74) is 2.50. The molecule has 28 heavy (non-hydrogen) atoms. The maximum Gasteiger partial charge on any atom is 0.360 e. The predicted molar refractivity (Wildman–Crippen MR) is 101 cm³/mol. The minimum Gasteiger partial charge on any atom is -0.461 e. The van der Waals surface area contributed by atoms with Crippen molar-refractivity contribution in [3.05, 3.63) is 69.4 Å². The zero-order valence-electron chi connectivity index (χ0n) is 15.6. The van der Waals surface area contributed by atoms with Crippen LogP contribution in [-0.2, 0) is 4.74 Å². The first-order valence-corrected chi connectivity index (χ1v) is 8.56. The van der Waals surface area contributed by atoms with Crippen LogP contribution in [0.1, 0.15) is 28.5 Å². The molecular weight excluding hydrogens is 364 g/mol. The topological polar surface area (TPSA) is 105 Å². The monoisotopic (exact) mass is 382 g/mol. The highest BCUT2D eigenvalue weighted by molar-refractivity contribution is 5.88. The molecule has 0 saturated carbocycles. The third-order valence-corrected chi connectivity index (χ3v) is 3.96. The molecule has 0 unspecified atom stereocenters. The van der Waals surface area contributed by atoms with E-state index in [-0.39, 0.29) is 18.0 Å². The summed E-state index contributed by atoms with van der Waals surface area (Å²) in [6.07, 6.45) is 0. The Morgan fingerprint density at radius 2 is 1.89 bits per heavy atom. The van der Waals surface area contributed by atoms with Crippen molar-refractivity contribution >= 4 is 11.7 Å². The first-order chi connectivity index (χ1) is 13.4. The van der Waals surface area contributed by atoms with E-state index in [4.69, 9.17) is 14.0 Å². The molecule has 1 aromatic heterocycles. The van der Waals surface area contributed by atoms with Gasteiger partial charge < -0.3 is 14.0 Å². The van der Waals surface area contributed by atoms with Gasteiger partial charge in [-0.2, -0.15) is 0 Å². The number of aromatic nitrogens is 1. The molecule has 0 bridgehead atoms. The quantitative estimate of drug-likeness (QED) is 0.341. The van der Waals surface area contributed by atoms with Gasteiger partial charge in [0.05, 0.1) is 17.1 Å². The van der Waals surface area contributed by atoms with Gasteiger partial charge in [-0.15, -0.1) is 0 Å². The third kappa shape index (κ3) is 4.01. The van der Waals surface area contributed by atoms with Gasteiger partial charge in [0.1, 0.15) is 11.5 Å². The number of benzene rings is 2. The number of hydrogen-bond donors (Lipinski definition) is 0. The fraction of sp³-hybridized carbons (Fsp3) is 0.200. The summed E-state index contributed by atoms with van der Waals surface area (Å²) >= 11 is 0. The Balaban J connectivity index is 1.98. The first kappa shape index (κ1) is 19.1. The molecule has 8 nitrogen and oxygen atoms in total. The van der Waals surface area contributed by atoms with Gasteiger partial charge in [0, 0.05) is 18.2 Å². The van der Waals surface area contributed by atoms with Crippen LogP contribution >= 0.6 is 0 Å². The molecule has 0 spiro atoms. The first-order valence-electron chi connectivity index (χ1n) is 8.56. The van der Waals surface area contributed by atoms with Crippen LogP contribution in [0.25, 0.3) is 11.3 Å². The van der Waals surface area contributed by atoms with E-state index in [1.807, 2.05) is 26.0 Å². The molecule has 0 aliphatic carbocycles. The van der Waals surface area contributed by atoms with E-state index in [1.165, 1.54) is 30.3 Å². The van der Waals surface area contributed by atoms with E-state index >= 15 is 0 Å². The molecule has 1 heterocycles. The van der Waals surface area contributed by atoms with Crippen LogP contribution in [0.4, 0.5) is 5.69 Å². The molecule has 3 rings (SSSR count). The molecule has 3 aromatic rings. The summed E-state index contributed by atoms with van der Waals surface area (Å²) < 4.78 is 16.2. The number of nitrogens with zero attached hydrogens (tertiary/aromatic N) is 2. The van der Waals surface area contributed by atoms with Crippen molar-refractivity contribution in [2.75, 3.05) is 6.61 Å².